The lowest BCUT2D eigenvalue weighted by Gasteiger charge is -2.33. The molecule has 8 nitrogen and oxygen atoms in total. The minimum Gasteiger partial charge on any atom is -0.444 e. The average Bonchev–Trinajstić information content (AvgIpc) is 2.63. The summed E-state index contributed by atoms with van der Waals surface area (Å²) in [6.07, 6.45) is 2.70. The first-order chi connectivity index (χ1) is 12.8. The summed E-state index contributed by atoms with van der Waals surface area (Å²) < 4.78 is 10.8. The van der Waals surface area contributed by atoms with Crippen LogP contribution in [0.5, 0.6) is 0 Å². The molecule has 2 saturated heterocycles. The molecule has 0 aromatic rings. The van der Waals surface area contributed by atoms with Crippen molar-refractivity contribution in [3.63, 3.8) is 0 Å². The van der Waals surface area contributed by atoms with E-state index in [9.17, 15) is 4.79 Å². The number of nitrogens with one attached hydrogen (secondary N) is 1. The van der Waals surface area contributed by atoms with Crippen LogP contribution in [0.1, 0.15) is 40.0 Å². The van der Waals surface area contributed by atoms with E-state index in [2.05, 4.69) is 15.2 Å². The topological polar surface area (TPSA) is 92.4 Å². The summed E-state index contributed by atoms with van der Waals surface area (Å²) in [5.41, 5.74) is 5.53. The summed E-state index contributed by atoms with van der Waals surface area (Å²) >= 11 is 0. The zero-order valence-electron chi connectivity index (χ0n) is 17.2. The molecule has 0 spiro atoms. The molecule has 0 aromatic carbocycles. The summed E-state index contributed by atoms with van der Waals surface area (Å²) in [6, 6.07) is 0. The zero-order valence-corrected chi connectivity index (χ0v) is 17.2. The summed E-state index contributed by atoms with van der Waals surface area (Å²) in [6.45, 7) is 13.4. The fourth-order valence-corrected chi connectivity index (χ4v) is 3.25. The van der Waals surface area contributed by atoms with Crippen LogP contribution in [0.25, 0.3) is 0 Å². The Kier molecular flexibility index (Phi) is 8.63. The van der Waals surface area contributed by atoms with Crippen molar-refractivity contribution in [2.24, 2.45) is 16.6 Å². The Hall–Kier alpha value is -1.54. The van der Waals surface area contributed by atoms with Gasteiger partial charge in [0, 0.05) is 39.3 Å². The number of ether oxygens (including phenoxy) is 2. The third-order valence-corrected chi connectivity index (χ3v) is 4.85. The number of rotatable bonds is 6. The molecule has 0 bridgehead atoms. The number of nitrogens with two attached hydrogens (primary N) is 1. The number of amides is 1. The van der Waals surface area contributed by atoms with Gasteiger partial charge >= 0.3 is 6.09 Å². The Morgan fingerprint density at radius 3 is 2.52 bits per heavy atom. The molecular formula is C19H37N5O3. The summed E-state index contributed by atoms with van der Waals surface area (Å²) in [7, 11) is 0. The smallest absolute Gasteiger partial charge is 0.410 e. The van der Waals surface area contributed by atoms with Crippen LogP contribution < -0.4 is 11.1 Å². The highest BCUT2D eigenvalue weighted by Gasteiger charge is 2.26. The second kappa shape index (κ2) is 10.7. The molecule has 2 rings (SSSR count). The standard InChI is InChI=1S/C19H37N5O3/c1-19(2,3)27-18(25)24-9-5-16(6-10-24)15-22-17(20)21-7-4-8-23-11-13-26-14-12-23/h16H,4-15H2,1-3H3,(H3,20,21,22). The van der Waals surface area contributed by atoms with Gasteiger partial charge in [-0.05, 0) is 52.5 Å². The van der Waals surface area contributed by atoms with E-state index in [0.717, 1.165) is 71.7 Å². The van der Waals surface area contributed by atoms with E-state index >= 15 is 0 Å². The van der Waals surface area contributed by atoms with E-state index in [0.29, 0.717) is 18.4 Å². The van der Waals surface area contributed by atoms with Crippen LogP contribution in [0.3, 0.4) is 0 Å². The molecule has 0 unspecified atom stereocenters. The van der Waals surface area contributed by atoms with E-state index in [1.807, 2.05) is 20.8 Å². The first kappa shape index (κ1) is 21.8. The number of nitrogens with zero attached hydrogens (tertiary/aromatic N) is 3. The Labute approximate surface area is 163 Å². The first-order valence-corrected chi connectivity index (χ1v) is 10.2. The Morgan fingerprint density at radius 1 is 1.22 bits per heavy atom. The van der Waals surface area contributed by atoms with Gasteiger partial charge in [0.15, 0.2) is 5.96 Å². The number of guanidine groups is 1. The lowest BCUT2D eigenvalue weighted by atomic mass is 9.97. The van der Waals surface area contributed by atoms with Crippen molar-refractivity contribution >= 4 is 12.1 Å². The van der Waals surface area contributed by atoms with Gasteiger partial charge in [-0.2, -0.15) is 0 Å². The minimum atomic E-state index is -0.444. The Morgan fingerprint density at radius 2 is 1.89 bits per heavy atom. The molecule has 0 aliphatic carbocycles. The minimum absolute atomic E-state index is 0.217. The molecule has 156 valence electrons. The van der Waals surface area contributed by atoms with Crippen LogP contribution >= 0.6 is 0 Å². The van der Waals surface area contributed by atoms with Crippen LogP contribution in [-0.4, -0.2) is 86.5 Å². The summed E-state index contributed by atoms with van der Waals surface area (Å²) in [4.78, 5) is 20.8. The molecule has 2 heterocycles. The maximum atomic E-state index is 12.1. The van der Waals surface area contributed by atoms with Gasteiger partial charge in [-0.3, -0.25) is 9.89 Å². The third-order valence-electron chi connectivity index (χ3n) is 4.85. The van der Waals surface area contributed by atoms with Crippen LogP contribution in [0.4, 0.5) is 4.79 Å². The molecule has 1 amide bonds. The number of hydrogen-bond acceptors (Lipinski definition) is 5. The van der Waals surface area contributed by atoms with Gasteiger partial charge in [-0.25, -0.2) is 4.79 Å². The van der Waals surface area contributed by atoms with Gasteiger partial charge in [0.1, 0.15) is 5.60 Å². The van der Waals surface area contributed by atoms with Crippen LogP contribution in [0.2, 0.25) is 0 Å². The fraction of sp³-hybridized carbons (Fsp3) is 0.895. The van der Waals surface area contributed by atoms with E-state index in [-0.39, 0.29) is 6.09 Å². The van der Waals surface area contributed by atoms with Crippen LogP contribution in [-0.2, 0) is 9.47 Å². The zero-order chi connectivity index (χ0) is 19.7. The maximum absolute atomic E-state index is 12.1. The molecule has 2 aliphatic heterocycles. The predicted octanol–water partition coefficient (Wildman–Crippen LogP) is 1.26. The van der Waals surface area contributed by atoms with Gasteiger partial charge < -0.3 is 25.4 Å². The second-order valence-corrected chi connectivity index (χ2v) is 8.37. The molecule has 2 fully saturated rings. The molecule has 8 heteroatoms. The van der Waals surface area contributed by atoms with Crippen molar-refractivity contribution in [1.82, 2.24) is 15.1 Å². The lowest BCUT2D eigenvalue weighted by molar-refractivity contribution is 0.0187. The fourth-order valence-electron chi connectivity index (χ4n) is 3.25. The molecular weight excluding hydrogens is 346 g/mol. The summed E-state index contributed by atoms with van der Waals surface area (Å²) in [5, 5.41) is 3.20. The van der Waals surface area contributed by atoms with Crippen molar-refractivity contribution in [3.05, 3.63) is 0 Å². The maximum Gasteiger partial charge on any atom is 0.410 e. The lowest BCUT2D eigenvalue weighted by Crippen LogP contribution is -2.42. The van der Waals surface area contributed by atoms with Crippen molar-refractivity contribution in [2.75, 3.05) is 59.0 Å². The van der Waals surface area contributed by atoms with Crippen molar-refractivity contribution in [3.8, 4) is 0 Å². The van der Waals surface area contributed by atoms with Crippen molar-refractivity contribution in [1.29, 1.82) is 0 Å². The molecule has 2 aliphatic rings. The highest BCUT2D eigenvalue weighted by molar-refractivity contribution is 5.77. The first-order valence-electron chi connectivity index (χ1n) is 10.2. The Balaban J connectivity index is 1.57. The van der Waals surface area contributed by atoms with Gasteiger partial charge in [-0.1, -0.05) is 0 Å². The molecule has 0 saturated carbocycles. The van der Waals surface area contributed by atoms with Crippen LogP contribution in [0.15, 0.2) is 4.99 Å². The predicted molar refractivity (Wildman–Crippen MR) is 107 cm³/mol. The van der Waals surface area contributed by atoms with Gasteiger partial charge in [0.2, 0.25) is 0 Å². The third kappa shape index (κ3) is 8.79. The summed E-state index contributed by atoms with van der Waals surface area (Å²) in [5.74, 6) is 0.990. The van der Waals surface area contributed by atoms with E-state index in [1.54, 1.807) is 4.90 Å². The van der Waals surface area contributed by atoms with Crippen LogP contribution in [0, 0.1) is 5.92 Å². The highest BCUT2D eigenvalue weighted by Crippen LogP contribution is 2.19. The largest absolute Gasteiger partial charge is 0.444 e. The number of carbonyl (C=O) groups excluding carboxylic acids is 1. The number of hydrogen-bond donors (Lipinski definition) is 2. The van der Waals surface area contributed by atoms with E-state index in [4.69, 9.17) is 15.2 Å². The number of likely N-dealkylation sites (tertiary alicyclic amines) is 1. The normalized spacial score (nSPS) is 20.6. The highest BCUT2D eigenvalue weighted by atomic mass is 16.6. The van der Waals surface area contributed by atoms with Crippen molar-refractivity contribution < 1.29 is 14.3 Å². The van der Waals surface area contributed by atoms with E-state index < -0.39 is 5.60 Å². The van der Waals surface area contributed by atoms with Gasteiger partial charge in [0.05, 0.1) is 13.2 Å². The molecule has 0 radical (unpaired) electrons. The molecule has 3 N–H and O–H groups in total. The SMILES string of the molecule is CC(C)(C)OC(=O)N1CCC(CN=C(N)NCCCN2CCOCC2)CC1. The monoisotopic (exact) mass is 383 g/mol. The van der Waals surface area contributed by atoms with Gasteiger partial charge in [0.25, 0.3) is 0 Å². The average molecular weight is 384 g/mol. The van der Waals surface area contributed by atoms with E-state index in [1.165, 1.54) is 0 Å². The number of carbonyl (C=O) groups is 1. The second-order valence-electron chi connectivity index (χ2n) is 8.37. The number of piperidine rings is 1. The molecule has 27 heavy (non-hydrogen) atoms. The molecule has 0 aromatic heterocycles. The van der Waals surface area contributed by atoms with Gasteiger partial charge in [-0.15, -0.1) is 0 Å². The molecule has 0 atom stereocenters. The number of aliphatic imine (C=N–C) groups is 1. The number of morpholine rings is 1. The Bertz CT molecular complexity index is 478. The van der Waals surface area contributed by atoms with Crippen molar-refractivity contribution in [2.45, 2.75) is 45.6 Å². The quantitative estimate of drug-likeness (QED) is 0.408.